The van der Waals surface area contributed by atoms with Crippen molar-refractivity contribution >= 4 is 29.2 Å². The number of urea groups is 1. The number of carbonyl (C=O) groups is 1. The number of nitrogens with one attached hydrogen (secondary N) is 2. The fourth-order valence-electron chi connectivity index (χ4n) is 2.26. The maximum atomic E-state index is 12.5. The van der Waals surface area contributed by atoms with Gasteiger partial charge in [-0.3, -0.25) is 0 Å². The summed E-state index contributed by atoms with van der Waals surface area (Å²) in [5.41, 5.74) is 1.50. The second kappa shape index (κ2) is 9.88. The van der Waals surface area contributed by atoms with Crippen LogP contribution in [0, 0.1) is 0 Å². The van der Waals surface area contributed by atoms with Crippen molar-refractivity contribution < 1.29 is 13.6 Å². The van der Waals surface area contributed by atoms with Gasteiger partial charge in [0.1, 0.15) is 0 Å². The fourth-order valence-corrected chi connectivity index (χ4v) is 2.86. The number of hydrogen-bond donors (Lipinski definition) is 2. The van der Waals surface area contributed by atoms with E-state index in [4.69, 9.17) is 0 Å². The molecule has 0 bridgehead atoms. The van der Waals surface area contributed by atoms with Gasteiger partial charge in [-0.25, -0.2) is 4.79 Å². The van der Waals surface area contributed by atoms with Gasteiger partial charge in [0.05, 0.1) is 5.69 Å². The molecule has 0 radical (unpaired) electrons. The Labute approximate surface area is 150 Å². The Morgan fingerprint density at radius 2 is 1.80 bits per heavy atom. The number of alkyl halides is 2. The highest BCUT2D eigenvalue weighted by molar-refractivity contribution is 7.99. The number of amides is 2. The van der Waals surface area contributed by atoms with Crippen LogP contribution in [0.15, 0.2) is 59.5 Å². The van der Waals surface area contributed by atoms with E-state index in [9.17, 15) is 13.6 Å². The SMILES string of the molecule is CN(CCCNC(=O)Nc1ccccc1SC(F)F)c1ccccc1. The summed E-state index contributed by atoms with van der Waals surface area (Å²) in [5, 5.41) is 5.36. The average Bonchev–Trinajstić information content (AvgIpc) is 2.60. The molecule has 0 saturated carbocycles. The van der Waals surface area contributed by atoms with E-state index in [0.717, 1.165) is 18.7 Å². The van der Waals surface area contributed by atoms with Crippen LogP contribution < -0.4 is 15.5 Å². The first-order chi connectivity index (χ1) is 12.1. The molecular weight excluding hydrogens is 344 g/mol. The van der Waals surface area contributed by atoms with Crippen molar-refractivity contribution in [3.63, 3.8) is 0 Å². The van der Waals surface area contributed by atoms with Crippen LogP contribution in [0.3, 0.4) is 0 Å². The zero-order chi connectivity index (χ0) is 18.1. The van der Waals surface area contributed by atoms with Gasteiger partial charge < -0.3 is 15.5 Å². The summed E-state index contributed by atoms with van der Waals surface area (Å²) in [7, 11) is 1.99. The molecule has 4 nitrogen and oxygen atoms in total. The highest BCUT2D eigenvalue weighted by Gasteiger charge is 2.11. The predicted octanol–water partition coefficient (Wildman–Crippen LogP) is 4.65. The van der Waals surface area contributed by atoms with Crippen LogP contribution in [0.1, 0.15) is 6.42 Å². The number of nitrogens with zero attached hydrogens (tertiary/aromatic N) is 1. The number of rotatable bonds is 8. The van der Waals surface area contributed by atoms with Crippen molar-refractivity contribution in [3.05, 3.63) is 54.6 Å². The number of carbonyl (C=O) groups excluding carboxylic acids is 1. The molecule has 2 amide bonds. The molecule has 7 heteroatoms. The molecule has 0 heterocycles. The van der Waals surface area contributed by atoms with E-state index in [-0.39, 0.29) is 0 Å². The van der Waals surface area contributed by atoms with Crippen LogP contribution in [0.5, 0.6) is 0 Å². The quantitative estimate of drug-likeness (QED) is 0.529. The zero-order valence-corrected chi connectivity index (χ0v) is 14.7. The van der Waals surface area contributed by atoms with Gasteiger partial charge in [0.2, 0.25) is 0 Å². The Morgan fingerprint density at radius 1 is 1.12 bits per heavy atom. The largest absolute Gasteiger partial charge is 0.375 e. The molecular formula is C18H21F2N3OS. The van der Waals surface area contributed by atoms with Gasteiger partial charge in [0, 0.05) is 30.7 Å². The van der Waals surface area contributed by atoms with Gasteiger partial charge in [0.25, 0.3) is 5.76 Å². The maximum Gasteiger partial charge on any atom is 0.319 e. The van der Waals surface area contributed by atoms with Crippen molar-refractivity contribution in [1.82, 2.24) is 5.32 Å². The number of hydrogen-bond acceptors (Lipinski definition) is 3. The standard InChI is InChI=1S/C18H21F2N3OS/c1-23(14-8-3-2-4-9-14)13-7-12-21-18(24)22-15-10-5-6-11-16(15)25-17(19)20/h2-6,8-11,17H,7,12-13H2,1H3,(H2,21,22,24). The van der Waals surface area contributed by atoms with Crippen LogP contribution in [0.4, 0.5) is 25.0 Å². The van der Waals surface area contributed by atoms with E-state index in [2.05, 4.69) is 15.5 Å². The minimum absolute atomic E-state index is 0.344. The average molecular weight is 365 g/mol. The molecule has 2 aromatic carbocycles. The van der Waals surface area contributed by atoms with E-state index in [1.165, 1.54) is 0 Å². The van der Waals surface area contributed by atoms with E-state index in [1.807, 2.05) is 37.4 Å². The third-order valence-electron chi connectivity index (χ3n) is 3.50. The molecule has 0 aromatic heterocycles. The predicted molar refractivity (Wildman–Crippen MR) is 99.7 cm³/mol. The highest BCUT2D eigenvalue weighted by atomic mass is 32.2. The second-order valence-corrected chi connectivity index (χ2v) is 6.40. The highest BCUT2D eigenvalue weighted by Crippen LogP contribution is 2.31. The van der Waals surface area contributed by atoms with E-state index < -0.39 is 11.8 Å². The van der Waals surface area contributed by atoms with Gasteiger partial charge in [-0.15, -0.1) is 0 Å². The number of anilines is 2. The monoisotopic (exact) mass is 365 g/mol. The van der Waals surface area contributed by atoms with Crippen LogP contribution in [-0.2, 0) is 0 Å². The smallest absolute Gasteiger partial charge is 0.319 e. The van der Waals surface area contributed by atoms with Crippen LogP contribution in [-0.4, -0.2) is 31.9 Å². The molecule has 0 aliphatic rings. The van der Waals surface area contributed by atoms with Crippen LogP contribution >= 0.6 is 11.8 Å². The zero-order valence-electron chi connectivity index (χ0n) is 13.9. The molecule has 2 rings (SSSR count). The molecule has 25 heavy (non-hydrogen) atoms. The number of thioether (sulfide) groups is 1. The molecule has 2 N–H and O–H groups in total. The van der Waals surface area contributed by atoms with Crippen LogP contribution in [0.25, 0.3) is 0 Å². The first-order valence-corrected chi connectivity index (χ1v) is 8.79. The molecule has 0 atom stereocenters. The van der Waals surface area contributed by atoms with E-state index >= 15 is 0 Å². The molecule has 0 aliphatic heterocycles. The van der Waals surface area contributed by atoms with Crippen molar-refractivity contribution in [2.24, 2.45) is 0 Å². The van der Waals surface area contributed by atoms with Crippen molar-refractivity contribution in [2.75, 3.05) is 30.4 Å². The van der Waals surface area contributed by atoms with Gasteiger partial charge in [-0.1, -0.05) is 42.1 Å². The number of benzene rings is 2. The Kier molecular flexibility index (Phi) is 7.53. The minimum Gasteiger partial charge on any atom is -0.375 e. The lowest BCUT2D eigenvalue weighted by Gasteiger charge is -2.19. The molecule has 0 spiro atoms. The summed E-state index contributed by atoms with van der Waals surface area (Å²) in [6.45, 7) is 1.29. The van der Waals surface area contributed by atoms with Crippen LogP contribution in [0.2, 0.25) is 0 Å². The fraction of sp³-hybridized carbons (Fsp3) is 0.278. The van der Waals surface area contributed by atoms with E-state index in [0.29, 0.717) is 28.9 Å². The minimum atomic E-state index is -2.53. The Balaban J connectivity index is 1.74. The lowest BCUT2D eigenvalue weighted by atomic mass is 10.3. The molecule has 0 saturated heterocycles. The summed E-state index contributed by atoms with van der Waals surface area (Å²) in [6, 6.07) is 16.1. The van der Waals surface area contributed by atoms with E-state index in [1.54, 1.807) is 24.3 Å². The topological polar surface area (TPSA) is 44.4 Å². The first-order valence-electron chi connectivity index (χ1n) is 7.91. The van der Waals surface area contributed by atoms with Gasteiger partial charge in [-0.05, 0) is 30.7 Å². The maximum absolute atomic E-state index is 12.5. The van der Waals surface area contributed by atoms with Gasteiger partial charge in [-0.2, -0.15) is 8.78 Å². The number of para-hydroxylation sites is 2. The number of halogens is 2. The van der Waals surface area contributed by atoms with Gasteiger partial charge >= 0.3 is 6.03 Å². The Bertz CT molecular complexity index is 670. The Hall–Kier alpha value is -2.28. The normalized spacial score (nSPS) is 10.6. The molecule has 0 aliphatic carbocycles. The van der Waals surface area contributed by atoms with Crippen molar-refractivity contribution in [3.8, 4) is 0 Å². The lowest BCUT2D eigenvalue weighted by molar-refractivity contribution is 0.250. The summed E-state index contributed by atoms with van der Waals surface area (Å²) in [6.07, 6.45) is 0.770. The summed E-state index contributed by atoms with van der Waals surface area (Å²) < 4.78 is 25.1. The van der Waals surface area contributed by atoms with Gasteiger partial charge in [0.15, 0.2) is 0 Å². The second-order valence-electron chi connectivity index (χ2n) is 5.37. The summed E-state index contributed by atoms with van der Waals surface area (Å²) in [5.74, 6) is -2.53. The lowest BCUT2D eigenvalue weighted by Crippen LogP contribution is -2.31. The third-order valence-corrected chi connectivity index (χ3v) is 4.29. The molecule has 2 aromatic rings. The molecule has 134 valence electrons. The first kappa shape index (κ1) is 19.1. The van der Waals surface area contributed by atoms with Crippen molar-refractivity contribution in [1.29, 1.82) is 0 Å². The molecule has 0 unspecified atom stereocenters. The summed E-state index contributed by atoms with van der Waals surface area (Å²) in [4.78, 5) is 14.4. The third kappa shape index (κ3) is 6.62. The Morgan fingerprint density at radius 3 is 2.52 bits per heavy atom. The molecule has 0 fully saturated rings. The summed E-state index contributed by atoms with van der Waals surface area (Å²) >= 11 is 0.414. The van der Waals surface area contributed by atoms with Crippen molar-refractivity contribution in [2.45, 2.75) is 17.1 Å².